The maximum Gasteiger partial charge on any atom is 0.246 e. The van der Waals surface area contributed by atoms with Crippen molar-refractivity contribution >= 4 is 17.7 Å². The lowest BCUT2D eigenvalue weighted by Crippen LogP contribution is -2.31. The molecule has 6 nitrogen and oxygen atoms in total. The van der Waals surface area contributed by atoms with Crippen molar-refractivity contribution in [3.63, 3.8) is 0 Å². The van der Waals surface area contributed by atoms with Crippen LogP contribution in [0.1, 0.15) is 25.0 Å². The summed E-state index contributed by atoms with van der Waals surface area (Å²) < 4.78 is 12.9. The van der Waals surface area contributed by atoms with E-state index in [0.717, 1.165) is 30.3 Å². The van der Waals surface area contributed by atoms with Gasteiger partial charge in [0.2, 0.25) is 5.91 Å². The lowest BCUT2D eigenvalue weighted by molar-refractivity contribution is -0.128. The Morgan fingerprint density at radius 2 is 2.48 bits per heavy atom. The van der Waals surface area contributed by atoms with Gasteiger partial charge in [0.05, 0.1) is 31.1 Å². The molecule has 1 amide bonds. The second-order valence-corrected chi connectivity index (χ2v) is 5.85. The molecular weight excluding hydrogens is 290 g/mol. The predicted molar refractivity (Wildman–Crippen MR) is 81.2 cm³/mol. The van der Waals surface area contributed by atoms with Crippen LogP contribution in [0.25, 0.3) is 0 Å². The average Bonchev–Trinajstić information content (AvgIpc) is 2.86. The molecule has 0 spiro atoms. The Morgan fingerprint density at radius 1 is 1.62 bits per heavy atom. The number of rotatable bonds is 7. The van der Waals surface area contributed by atoms with Crippen molar-refractivity contribution in [2.75, 3.05) is 26.1 Å². The fourth-order valence-corrected chi connectivity index (χ4v) is 2.79. The van der Waals surface area contributed by atoms with Crippen LogP contribution in [0.2, 0.25) is 0 Å². The van der Waals surface area contributed by atoms with Crippen LogP contribution < -0.4 is 5.32 Å². The van der Waals surface area contributed by atoms with Gasteiger partial charge in [-0.2, -0.15) is 0 Å². The zero-order valence-corrected chi connectivity index (χ0v) is 13.4. The third kappa shape index (κ3) is 5.01. The van der Waals surface area contributed by atoms with E-state index in [9.17, 15) is 4.79 Å². The molecule has 7 heteroatoms. The first kappa shape index (κ1) is 16.3. The molecule has 0 radical (unpaired) electrons. The van der Waals surface area contributed by atoms with Crippen molar-refractivity contribution in [3.8, 4) is 0 Å². The Bertz CT molecular complexity index is 458. The second-order valence-electron chi connectivity index (χ2n) is 5.08. The molecular formula is C14H23N3O3S. The maximum atomic E-state index is 11.7. The summed E-state index contributed by atoms with van der Waals surface area (Å²) in [5, 5.41) is 3.78. The summed E-state index contributed by atoms with van der Waals surface area (Å²) in [5.41, 5.74) is 0.975. The largest absolute Gasteiger partial charge is 0.376 e. The van der Waals surface area contributed by atoms with Crippen LogP contribution in [0.3, 0.4) is 0 Å². The highest BCUT2D eigenvalue weighted by Crippen LogP contribution is 2.13. The van der Waals surface area contributed by atoms with Gasteiger partial charge in [-0.1, -0.05) is 11.8 Å². The number of hydrogen-bond donors (Lipinski definition) is 1. The van der Waals surface area contributed by atoms with E-state index in [2.05, 4.69) is 10.3 Å². The van der Waals surface area contributed by atoms with E-state index in [0.29, 0.717) is 13.2 Å². The lowest BCUT2D eigenvalue weighted by Gasteiger charge is -2.22. The molecule has 1 unspecified atom stereocenters. The molecule has 1 aromatic heterocycles. The molecule has 1 aliphatic heterocycles. The lowest BCUT2D eigenvalue weighted by atomic mass is 10.1. The van der Waals surface area contributed by atoms with Crippen molar-refractivity contribution in [2.24, 2.45) is 7.05 Å². The predicted octanol–water partition coefficient (Wildman–Crippen LogP) is 1.34. The van der Waals surface area contributed by atoms with Crippen molar-refractivity contribution in [2.45, 2.75) is 37.1 Å². The smallest absolute Gasteiger partial charge is 0.246 e. The Kier molecular flexibility index (Phi) is 6.53. The molecule has 1 fully saturated rings. The zero-order chi connectivity index (χ0) is 15.1. The van der Waals surface area contributed by atoms with E-state index < -0.39 is 0 Å². The number of nitrogens with one attached hydrogen (secondary N) is 1. The van der Waals surface area contributed by atoms with Crippen LogP contribution >= 0.6 is 11.8 Å². The van der Waals surface area contributed by atoms with Crippen LogP contribution in [0.4, 0.5) is 0 Å². The molecule has 0 bridgehead atoms. The van der Waals surface area contributed by atoms with Crippen LogP contribution in [-0.4, -0.2) is 47.6 Å². The van der Waals surface area contributed by atoms with E-state index in [-0.39, 0.29) is 18.6 Å². The number of aromatic nitrogens is 2. The van der Waals surface area contributed by atoms with Gasteiger partial charge in [0.15, 0.2) is 5.16 Å². The van der Waals surface area contributed by atoms with E-state index in [1.54, 1.807) is 18.0 Å². The number of imidazole rings is 1. The highest BCUT2D eigenvalue weighted by molar-refractivity contribution is 7.98. The summed E-state index contributed by atoms with van der Waals surface area (Å²) in [4.78, 5) is 16.0. The first-order chi connectivity index (χ1) is 10.2. The molecule has 1 N–H and O–H groups in total. The van der Waals surface area contributed by atoms with Crippen LogP contribution in [0.5, 0.6) is 0 Å². The van der Waals surface area contributed by atoms with Gasteiger partial charge in [-0.15, -0.1) is 0 Å². The molecule has 2 heterocycles. The summed E-state index contributed by atoms with van der Waals surface area (Å²) in [7, 11) is 1.94. The first-order valence-corrected chi connectivity index (χ1v) is 8.44. The number of ether oxygens (including phenoxy) is 2. The summed E-state index contributed by atoms with van der Waals surface area (Å²) in [6.45, 7) is 1.84. The molecule has 0 aliphatic carbocycles. The Morgan fingerprint density at radius 3 is 3.14 bits per heavy atom. The fraction of sp³-hybridized carbons (Fsp3) is 0.714. The number of nitrogens with zero attached hydrogens (tertiary/aromatic N) is 2. The molecule has 0 saturated carbocycles. The van der Waals surface area contributed by atoms with Gasteiger partial charge in [0.25, 0.3) is 0 Å². The highest BCUT2D eigenvalue weighted by atomic mass is 32.2. The van der Waals surface area contributed by atoms with Crippen molar-refractivity contribution in [1.29, 1.82) is 0 Å². The van der Waals surface area contributed by atoms with Crippen molar-refractivity contribution < 1.29 is 14.3 Å². The van der Waals surface area contributed by atoms with Crippen LogP contribution in [0, 0.1) is 0 Å². The second kappa shape index (κ2) is 8.41. The van der Waals surface area contributed by atoms with Gasteiger partial charge in [-0.25, -0.2) is 4.98 Å². The van der Waals surface area contributed by atoms with Crippen molar-refractivity contribution in [3.05, 3.63) is 11.9 Å². The van der Waals surface area contributed by atoms with E-state index in [4.69, 9.17) is 9.47 Å². The minimum Gasteiger partial charge on any atom is -0.376 e. The number of amides is 1. The molecule has 1 aliphatic rings. The van der Waals surface area contributed by atoms with Gasteiger partial charge in [0, 0.05) is 13.7 Å². The maximum absolute atomic E-state index is 11.7. The Labute approximate surface area is 129 Å². The molecule has 21 heavy (non-hydrogen) atoms. The van der Waals surface area contributed by atoms with Gasteiger partial charge in [-0.3, -0.25) is 4.79 Å². The fourth-order valence-electron chi connectivity index (χ4n) is 2.24. The minimum atomic E-state index is -0.113. The zero-order valence-electron chi connectivity index (χ0n) is 12.6. The Balaban J connectivity index is 1.63. The highest BCUT2D eigenvalue weighted by Gasteiger charge is 2.14. The van der Waals surface area contributed by atoms with Gasteiger partial charge in [-0.05, 0) is 25.5 Å². The third-order valence-corrected chi connectivity index (χ3v) is 4.25. The van der Waals surface area contributed by atoms with Crippen LogP contribution in [-0.2, 0) is 27.9 Å². The first-order valence-electron chi connectivity index (χ1n) is 7.21. The number of thioether (sulfide) groups is 1. The Hall–Kier alpha value is -1.05. The SMILES string of the molecule is CSc1ncc(CNC(=O)COCC2CCCCO2)n1C. The molecule has 2 rings (SSSR count). The summed E-state index contributed by atoms with van der Waals surface area (Å²) in [6.07, 6.45) is 7.23. The monoisotopic (exact) mass is 313 g/mol. The standard InChI is InChI=1S/C14H23N3O3S/c1-17-11(8-16-14(17)21-2)7-15-13(18)10-19-9-12-5-3-4-6-20-12/h8,12H,3-7,9-10H2,1-2H3,(H,15,18). The van der Waals surface area contributed by atoms with Gasteiger partial charge < -0.3 is 19.4 Å². The number of carbonyl (C=O) groups excluding carboxylic acids is 1. The number of hydrogen-bond acceptors (Lipinski definition) is 5. The van der Waals surface area contributed by atoms with Gasteiger partial charge >= 0.3 is 0 Å². The van der Waals surface area contributed by atoms with Crippen LogP contribution in [0.15, 0.2) is 11.4 Å². The van der Waals surface area contributed by atoms with E-state index in [1.807, 2.05) is 17.9 Å². The summed E-state index contributed by atoms with van der Waals surface area (Å²) in [6, 6.07) is 0. The van der Waals surface area contributed by atoms with E-state index >= 15 is 0 Å². The minimum absolute atomic E-state index is 0.0765. The quantitative estimate of drug-likeness (QED) is 0.770. The van der Waals surface area contributed by atoms with Gasteiger partial charge in [0.1, 0.15) is 6.61 Å². The summed E-state index contributed by atoms with van der Waals surface area (Å²) >= 11 is 1.58. The molecule has 0 aromatic carbocycles. The van der Waals surface area contributed by atoms with E-state index in [1.165, 1.54) is 6.42 Å². The molecule has 118 valence electrons. The third-order valence-electron chi connectivity index (χ3n) is 3.50. The number of carbonyl (C=O) groups is 1. The topological polar surface area (TPSA) is 65.4 Å². The molecule has 1 atom stereocenters. The molecule has 1 saturated heterocycles. The molecule has 1 aromatic rings. The summed E-state index contributed by atoms with van der Waals surface area (Å²) in [5.74, 6) is -0.113. The average molecular weight is 313 g/mol. The van der Waals surface area contributed by atoms with Crippen molar-refractivity contribution in [1.82, 2.24) is 14.9 Å². The normalized spacial score (nSPS) is 18.7.